The van der Waals surface area contributed by atoms with Crippen molar-refractivity contribution in [1.29, 1.82) is 0 Å². The van der Waals surface area contributed by atoms with Crippen LogP contribution in [-0.4, -0.2) is 15.3 Å². The van der Waals surface area contributed by atoms with Crippen molar-refractivity contribution in [3.63, 3.8) is 0 Å². The number of benzene rings is 4. The monoisotopic (exact) mass is 655 g/mol. The largest absolute Gasteiger partial charge is 0.214 e. The van der Waals surface area contributed by atoms with Crippen LogP contribution >= 0.6 is 0 Å². The van der Waals surface area contributed by atoms with Crippen LogP contribution in [-0.2, 0) is 24.2 Å². The molecule has 41 heavy (non-hydrogen) atoms. The fourth-order valence-corrected chi connectivity index (χ4v) is 5.82. The predicted molar refractivity (Wildman–Crippen MR) is 168 cm³/mol. The Morgan fingerprint density at radius 2 is 1.07 bits per heavy atom. The van der Waals surface area contributed by atoms with E-state index in [4.69, 9.17) is 0 Å². The molecule has 0 aliphatic carbocycles. The number of nitrogens with zero attached hydrogens (tertiary/aromatic N) is 1. The molecular formula is C37H37Cl2NZr-2. The molecule has 0 atom stereocenters. The van der Waals surface area contributed by atoms with Crippen LogP contribution in [0.1, 0.15) is 38.8 Å². The van der Waals surface area contributed by atoms with Gasteiger partial charge in [0.1, 0.15) is 0 Å². The van der Waals surface area contributed by atoms with Crippen molar-refractivity contribution in [2.75, 3.05) is 4.90 Å². The van der Waals surface area contributed by atoms with Crippen LogP contribution in [0.2, 0.25) is 0 Å². The van der Waals surface area contributed by atoms with E-state index in [1.54, 1.807) is 0 Å². The topological polar surface area (TPSA) is 3.24 Å². The van der Waals surface area contributed by atoms with Gasteiger partial charge in [-0.3, -0.25) is 0 Å². The number of anilines is 1. The molecule has 0 spiro atoms. The van der Waals surface area contributed by atoms with Gasteiger partial charge >= 0.3 is 99.2 Å². The van der Waals surface area contributed by atoms with Crippen molar-refractivity contribution in [2.24, 2.45) is 0 Å². The van der Waals surface area contributed by atoms with Gasteiger partial charge < -0.3 is 29.7 Å². The van der Waals surface area contributed by atoms with Gasteiger partial charge in [0.15, 0.2) is 0 Å². The van der Waals surface area contributed by atoms with Crippen LogP contribution in [0.15, 0.2) is 140 Å². The summed E-state index contributed by atoms with van der Waals surface area (Å²) in [5.74, 6) is 0. The van der Waals surface area contributed by atoms with E-state index in [9.17, 15) is 0 Å². The Hall–Kier alpha value is -2.77. The molecule has 0 bridgehead atoms. The molecule has 0 aliphatic heterocycles. The maximum absolute atomic E-state index is 2.47. The molecule has 0 unspecified atom stereocenters. The van der Waals surface area contributed by atoms with Gasteiger partial charge in [0.2, 0.25) is 0 Å². The van der Waals surface area contributed by atoms with Gasteiger partial charge in [-0.1, -0.05) is 36.4 Å². The summed E-state index contributed by atoms with van der Waals surface area (Å²) in [5.41, 5.74) is 3.98. The van der Waals surface area contributed by atoms with Gasteiger partial charge in [-0.25, -0.2) is 12.1 Å². The van der Waals surface area contributed by atoms with Crippen LogP contribution < -0.4 is 29.7 Å². The molecule has 210 valence electrons. The molecule has 4 heteroatoms. The zero-order chi connectivity index (χ0) is 27.6. The van der Waals surface area contributed by atoms with Crippen LogP contribution in [0.25, 0.3) is 21.5 Å². The minimum absolute atomic E-state index is 0. The zero-order valence-corrected chi connectivity index (χ0v) is 28.1. The van der Waals surface area contributed by atoms with Crippen LogP contribution in [0.4, 0.5) is 5.69 Å². The maximum Gasteiger partial charge on any atom is -0.172 e. The quantitative estimate of drug-likeness (QED) is 0.257. The molecule has 6 aromatic rings. The summed E-state index contributed by atoms with van der Waals surface area (Å²) in [7, 11) is 0. The normalized spacial score (nSPS) is 10.1. The summed E-state index contributed by atoms with van der Waals surface area (Å²) in [5, 5.41) is 5.39. The molecule has 6 aromatic carbocycles. The van der Waals surface area contributed by atoms with Gasteiger partial charge in [-0.2, -0.15) is 18.2 Å². The smallest absolute Gasteiger partial charge is 0.172 e. The van der Waals surface area contributed by atoms with Gasteiger partial charge in [0.25, 0.3) is 0 Å². The van der Waals surface area contributed by atoms with E-state index in [2.05, 4.69) is 142 Å². The fourth-order valence-electron chi connectivity index (χ4n) is 5.00. The van der Waals surface area contributed by atoms with Crippen LogP contribution in [0, 0.1) is 0 Å². The van der Waals surface area contributed by atoms with Crippen LogP contribution in [0.3, 0.4) is 0 Å². The van der Waals surface area contributed by atoms with E-state index < -0.39 is 0 Å². The first-order valence-electron chi connectivity index (χ1n) is 13.7. The first-order chi connectivity index (χ1) is 19.0. The second-order valence-corrected chi connectivity index (χ2v) is 11.4. The summed E-state index contributed by atoms with van der Waals surface area (Å²) in [6.45, 7) is 9.02. The molecule has 0 fully saturated rings. The second kappa shape index (κ2) is 17.2. The van der Waals surface area contributed by atoms with Gasteiger partial charge in [0, 0.05) is 17.8 Å². The first-order valence-corrected chi connectivity index (χ1v) is 14.9. The molecule has 0 aliphatic rings. The van der Waals surface area contributed by atoms with Gasteiger partial charge in [-0.05, 0) is 27.7 Å². The minimum Gasteiger partial charge on any atom is -0.214 e. The van der Waals surface area contributed by atoms with E-state index in [1.807, 2.05) is 30.3 Å². The number of halogens is 2. The van der Waals surface area contributed by atoms with E-state index in [0.29, 0.717) is 12.1 Å². The minimum atomic E-state index is 0. The molecule has 0 saturated heterocycles. The third-order valence-electron chi connectivity index (χ3n) is 6.69. The van der Waals surface area contributed by atoms with Crippen molar-refractivity contribution >= 4 is 30.4 Å². The Kier molecular flexibility index (Phi) is 14.5. The Balaban J connectivity index is 0.000000244. The van der Waals surface area contributed by atoms with Gasteiger partial charge in [0.05, 0.1) is 0 Å². The fraction of sp³-hybridized carbons (Fsp3) is 0.162. The third-order valence-corrected chi connectivity index (χ3v) is 8.11. The van der Waals surface area contributed by atoms with Crippen molar-refractivity contribution in [1.82, 2.24) is 0 Å². The summed E-state index contributed by atoms with van der Waals surface area (Å²) in [4.78, 5) is 2.47. The summed E-state index contributed by atoms with van der Waals surface area (Å²) in [6.07, 6.45) is 0. The molecular weight excluding hydrogens is 621 g/mol. The third kappa shape index (κ3) is 9.37. The molecule has 6 rings (SSSR count). The second-order valence-electron chi connectivity index (χ2n) is 10.2. The summed E-state index contributed by atoms with van der Waals surface area (Å²) >= 11 is 1.46. The Morgan fingerprint density at radius 1 is 0.585 bits per heavy atom. The van der Waals surface area contributed by atoms with Gasteiger partial charge in [-0.15, -0.1) is 33.7 Å². The van der Waals surface area contributed by atoms with Crippen molar-refractivity contribution in [2.45, 2.75) is 39.8 Å². The number of hydrogen-bond acceptors (Lipinski definition) is 1. The number of rotatable bonds is 5. The zero-order valence-electron chi connectivity index (χ0n) is 24.1. The van der Waals surface area contributed by atoms with Crippen LogP contribution in [0.5, 0.6) is 0 Å². The molecule has 0 N–H and O–H groups in total. The van der Waals surface area contributed by atoms with Crippen molar-refractivity contribution in [3.05, 3.63) is 151 Å². The Labute approximate surface area is 273 Å². The molecule has 0 heterocycles. The van der Waals surface area contributed by atoms with E-state index in [1.165, 1.54) is 65.8 Å². The first kappa shape index (κ1) is 34.4. The summed E-state index contributed by atoms with van der Waals surface area (Å²) < 4.78 is 1.42. The number of fused-ring (bicyclic) bond motifs is 3. The van der Waals surface area contributed by atoms with E-state index >= 15 is 0 Å². The van der Waals surface area contributed by atoms with E-state index in [-0.39, 0.29) is 24.8 Å². The molecule has 0 aromatic heterocycles. The molecule has 1 nitrogen and oxygen atoms in total. The predicted octanol–water partition coefficient (Wildman–Crippen LogP) is 3.55. The average molecular weight is 658 g/mol. The van der Waals surface area contributed by atoms with Crippen molar-refractivity contribution < 1.29 is 49.0 Å². The standard InChI is InChI=1S/C19H22N.C13H10.C5H5.2ClH.Zr/c1-13(2)20(14(3)4)17-9-10-19-16(12-17)11-15-7-5-6-8-18(15)19;1-3-7-12(8-4-1)11-13-9-5-2-6-10-13;1-2-4-5-3-1;;;/h5-14H,1-4H3;1-10H;1-5H;2*1H;/q-1;;-1;;;+2/p-2. The average Bonchev–Trinajstić information content (AvgIpc) is 3.65. The molecule has 0 amide bonds. The molecule has 0 radical (unpaired) electrons. The maximum atomic E-state index is 2.47. The number of hydrogen-bond donors (Lipinski definition) is 0. The van der Waals surface area contributed by atoms with E-state index in [0.717, 1.165) is 0 Å². The Bertz CT molecular complexity index is 1500. The Morgan fingerprint density at radius 3 is 1.56 bits per heavy atom. The SMILES string of the molecule is CC(C)N(c1ccc2c(c1)[cH-]c1ccccc12)C(C)C.[Cl-].[Cl-].[Zr+2]=[C](c1ccccc1)c1ccccc1.c1cc[cH-]c1. The summed E-state index contributed by atoms with van der Waals surface area (Å²) in [6, 6.07) is 49.9. The molecule has 0 saturated carbocycles. The van der Waals surface area contributed by atoms with Crippen molar-refractivity contribution in [3.8, 4) is 0 Å².